The molecule has 12 rings (SSSR count). The van der Waals surface area contributed by atoms with Gasteiger partial charge in [-0.25, -0.2) is 0 Å². The van der Waals surface area contributed by atoms with Crippen LogP contribution in [0, 0.1) is 0 Å². The van der Waals surface area contributed by atoms with Gasteiger partial charge in [-0.1, -0.05) is 188 Å². The number of hydrogen-bond donors (Lipinski definition) is 0. The first-order valence-corrected chi connectivity index (χ1v) is 22.0. The number of aromatic nitrogens is 1. The number of benzene rings is 11. The molecule has 0 aliphatic rings. The first-order chi connectivity index (χ1) is 31.7. The van der Waals surface area contributed by atoms with Crippen LogP contribution in [0.1, 0.15) is 0 Å². The van der Waals surface area contributed by atoms with Crippen molar-refractivity contribution in [1.29, 1.82) is 0 Å². The molecule has 2 heteroatoms. The molecule has 0 bridgehead atoms. The van der Waals surface area contributed by atoms with Crippen molar-refractivity contribution in [3.05, 3.63) is 255 Å². The van der Waals surface area contributed by atoms with Gasteiger partial charge in [0.1, 0.15) is 0 Å². The molecule has 64 heavy (non-hydrogen) atoms. The highest BCUT2D eigenvalue weighted by atomic mass is 15.1. The maximum absolute atomic E-state index is 2.44. The quantitative estimate of drug-likeness (QED) is 0.148. The van der Waals surface area contributed by atoms with Gasteiger partial charge in [0.25, 0.3) is 0 Å². The Balaban J connectivity index is 0.998. The zero-order valence-corrected chi connectivity index (χ0v) is 35.1. The molecule has 0 spiro atoms. The zero-order valence-electron chi connectivity index (χ0n) is 35.1. The standard InChI is InChI=1S/C62H42N2/c1-3-15-43(16-4-1)48-23-13-24-53(39-48)63(51-33-29-46(30-34-51)56-27-14-22-45-19-9-10-25-55(45)56)52-35-31-47(32-36-52)59-42-54(37-38-57(59)44-17-5-2-6-18-44)64-61-28-12-11-26-58(61)60-40-49-20-7-8-21-50(49)41-62(60)64/h1-42H. The molecule has 0 N–H and O–H groups in total. The predicted molar refractivity (Wildman–Crippen MR) is 272 cm³/mol. The Morgan fingerprint density at radius 3 is 1.53 bits per heavy atom. The molecule has 1 aromatic heterocycles. The number of fused-ring (bicyclic) bond motifs is 5. The summed E-state index contributed by atoms with van der Waals surface area (Å²) in [6, 6.07) is 92.7. The lowest BCUT2D eigenvalue weighted by molar-refractivity contribution is 1.18. The van der Waals surface area contributed by atoms with Crippen molar-refractivity contribution in [3.8, 4) is 50.2 Å². The SMILES string of the molecule is c1ccc(-c2cccc(N(c3ccc(-c4cc(-n5c6ccccc6c6cc7ccccc7cc65)ccc4-c4ccccc4)cc3)c3ccc(-c4cccc5ccccc45)cc3)c2)cc1. The van der Waals surface area contributed by atoms with Gasteiger partial charge in [-0.2, -0.15) is 0 Å². The second-order valence-electron chi connectivity index (χ2n) is 16.5. The van der Waals surface area contributed by atoms with Crippen LogP contribution in [-0.2, 0) is 0 Å². The lowest BCUT2D eigenvalue weighted by Gasteiger charge is -2.26. The second-order valence-corrected chi connectivity index (χ2v) is 16.5. The molecule has 0 aliphatic carbocycles. The minimum Gasteiger partial charge on any atom is -0.310 e. The average Bonchev–Trinajstić information content (AvgIpc) is 3.69. The Morgan fingerprint density at radius 2 is 0.797 bits per heavy atom. The van der Waals surface area contributed by atoms with E-state index in [-0.39, 0.29) is 0 Å². The summed E-state index contributed by atoms with van der Waals surface area (Å²) in [5, 5.41) is 7.49. The topological polar surface area (TPSA) is 8.17 Å². The molecule has 2 nitrogen and oxygen atoms in total. The molecule has 11 aromatic carbocycles. The van der Waals surface area contributed by atoms with Crippen molar-refractivity contribution in [2.45, 2.75) is 0 Å². The van der Waals surface area contributed by atoms with Gasteiger partial charge >= 0.3 is 0 Å². The van der Waals surface area contributed by atoms with E-state index in [4.69, 9.17) is 0 Å². The molecule has 0 radical (unpaired) electrons. The van der Waals surface area contributed by atoms with E-state index in [0.717, 1.165) is 28.3 Å². The van der Waals surface area contributed by atoms with E-state index in [2.05, 4.69) is 264 Å². The molecular formula is C62H42N2. The van der Waals surface area contributed by atoms with E-state index in [9.17, 15) is 0 Å². The predicted octanol–water partition coefficient (Wildman–Crippen LogP) is 17.2. The van der Waals surface area contributed by atoms with Gasteiger partial charge in [0.05, 0.1) is 11.0 Å². The zero-order chi connectivity index (χ0) is 42.4. The molecule has 300 valence electrons. The Morgan fingerprint density at radius 1 is 0.250 bits per heavy atom. The maximum atomic E-state index is 2.44. The summed E-state index contributed by atoms with van der Waals surface area (Å²) in [5.41, 5.74) is 16.3. The average molecular weight is 815 g/mol. The first kappa shape index (κ1) is 37.3. The van der Waals surface area contributed by atoms with Crippen molar-refractivity contribution >= 4 is 60.4 Å². The van der Waals surface area contributed by atoms with Gasteiger partial charge < -0.3 is 9.47 Å². The van der Waals surface area contributed by atoms with E-state index in [1.807, 2.05) is 0 Å². The number of para-hydroxylation sites is 1. The normalized spacial score (nSPS) is 11.4. The van der Waals surface area contributed by atoms with Crippen molar-refractivity contribution in [2.24, 2.45) is 0 Å². The van der Waals surface area contributed by atoms with Gasteiger partial charge in [-0.3, -0.25) is 0 Å². The van der Waals surface area contributed by atoms with Crippen LogP contribution in [0.3, 0.4) is 0 Å². The van der Waals surface area contributed by atoms with Gasteiger partial charge in [0.15, 0.2) is 0 Å². The summed E-state index contributed by atoms with van der Waals surface area (Å²) in [6.07, 6.45) is 0. The van der Waals surface area contributed by atoms with Crippen LogP contribution >= 0.6 is 0 Å². The third-order valence-electron chi connectivity index (χ3n) is 12.8. The lowest BCUT2D eigenvalue weighted by atomic mass is 9.93. The van der Waals surface area contributed by atoms with Crippen molar-refractivity contribution in [1.82, 2.24) is 4.57 Å². The lowest BCUT2D eigenvalue weighted by Crippen LogP contribution is -2.10. The smallest absolute Gasteiger partial charge is 0.0547 e. The van der Waals surface area contributed by atoms with Crippen LogP contribution in [0.5, 0.6) is 0 Å². The second kappa shape index (κ2) is 15.8. The van der Waals surface area contributed by atoms with Crippen LogP contribution in [0.4, 0.5) is 17.1 Å². The third-order valence-corrected chi connectivity index (χ3v) is 12.8. The molecule has 0 aliphatic heterocycles. The van der Waals surface area contributed by atoms with Gasteiger partial charge in [0.2, 0.25) is 0 Å². The number of nitrogens with zero attached hydrogens (tertiary/aromatic N) is 2. The summed E-state index contributed by atoms with van der Waals surface area (Å²) in [6.45, 7) is 0. The van der Waals surface area contributed by atoms with Crippen LogP contribution in [-0.4, -0.2) is 4.57 Å². The van der Waals surface area contributed by atoms with E-state index >= 15 is 0 Å². The highest BCUT2D eigenvalue weighted by molar-refractivity contribution is 6.13. The molecule has 0 saturated heterocycles. The van der Waals surface area contributed by atoms with Crippen LogP contribution in [0.2, 0.25) is 0 Å². The van der Waals surface area contributed by atoms with Crippen molar-refractivity contribution in [3.63, 3.8) is 0 Å². The number of anilines is 3. The Labute approximate surface area is 373 Å². The summed E-state index contributed by atoms with van der Waals surface area (Å²) < 4.78 is 2.44. The molecular weight excluding hydrogens is 773 g/mol. The van der Waals surface area contributed by atoms with Gasteiger partial charge in [0, 0.05) is 33.5 Å². The Hall–Kier alpha value is -8.46. The summed E-state index contributed by atoms with van der Waals surface area (Å²) in [4.78, 5) is 2.38. The largest absolute Gasteiger partial charge is 0.310 e. The highest BCUT2D eigenvalue weighted by Crippen LogP contribution is 2.42. The maximum Gasteiger partial charge on any atom is 0.0547 e. The fraction of sp³-hybridized carbons (Fsp3) is 0. The highest BCUT2D eigenvalue weighted by Gasteiger charge is 2.18. The molecule has 0 fully saturated rings. The Bertz CT molecular complexity index is 3640. The van der Waals surface area contributed by atoms with Crippen molar-refractivity contribution < 1.29 is 0 Å². The number of hydrogen-bond acceptors (Lipinski definition) is 1. The molecule has 12 aromatic rings. The summed E-state index contributed by atoms with van der Waals surface area (Å²) in [7, 11) is 0. The molecule has 1 heterocycles. The van der Waals surface area contributed by atoms with Crippen molar-refractivity contribution in [2.75, 3.05) is 4.90 Å². The summed E-state index contributed by atoms with van der Waals surface area (Å²) in [5.74, 6) is 0. The Kier molecular flexibility index (Phi) is 9.20. The van der Waals surface area contributed by atoms with E-state index in [1.165, 1.54) is 82.3 Å². The molecule has 0 saturated carbocycles. The fourth-order valence-corrected chi connectivity index (χ4v) is 9.67. The summed E-state index contributed by atoms with van der Waals surface area (Å²) >= 11 is 0. The minimum atomic E-state index is 1.08. The van der Waals surface area contributed by atoms with E-state index in [1.54, 1.807) is 0 Å². The van der Waals surface area contributed by atoms with E-state index in [0.29, 0.717) is 0 Å². The first-order valence-electron chi connectivity index (χ1n) is 22.0. The monoisotopic (exact) mass is 814 g/mol. The molecule has 0 unspecified atom stereocenters. The molecule has 0 amide bonds. The minimum absolute atomic E-state index is 1.08. The fourth-order valence-electron chi connectivity index (χ4n) is 9.67. The van der Waals surface area contributed by atoms with Crippen LogP contribution in [0.25, 0.3) is 93.5 Å². The molecule has 0 atom stereocenters. The number of rotatable bonds is 8. The van der Waals surface area contributed by atoms with Gasteiger partial charge in [-0.05, 0) is 133 Å². The van der Waals surface area contributed by atoms with Crippen LogP contribution < -0.4 is 4.90 Å². The van der Waals surface area contributed by atoms with E-state index < -0.39 is 0 Å². The van der Waals surface area contributed by atoms with Gasteiger partial charge in [-0.15, -0.1) is 0 Å². The third kappa shape index (κ3) is 6.61. The van der Waals surface area contributed by atoms with Crippen LogP contribution in [0.15, 0.2) is 255 Å².